The van der Waals surface area contributed by atoms with Gasteiger partial charge in [-0.25, -0.2) is 8.42 Å². The molecular weight excluding hydrogens is 321 g/mol. The molecule has 0 aliphatic rings. The highest BCUT2D eigenvalue weighted by Gasteiger charge is 2.18. The van der Waals surface area contributed by atoms with E-state index in [1.807, 2.05) is 6.07 Å². The predicted molar refractivity (Wildman–Crippen MR) is 76.2 cm³/mol. The Kier molecular flexibility index (Phi) is 4.14. The first-order valence-corrected chi connectivity index (χ1v) is 7.50. The molecule has 0 unspecified atom stereocenters. The zero-order valence-electron chi connectivity index (χ0n) is 9.84. The number of nitrogens with zero attached hydrogens (tertiary/aromatic N) is 2. The van der Waals surface area contributed by atoms with E-state index in [-0.39, 0.29) is 26.2 Å². The summed E-state index contributed by atoms with van der Waals surface area (Å²) in [4.78, 5) is 3.59. The number of nitrogens with one attached hydrogen (secondary N) is 1. The first-order valence-electron chi connectivity index (χ1n) is 5.26. The maximum atomic E-state index is 12.1. The lowest BCUT2D eigenvalue weighted by Crippen LogP contribution is -2.13. The second-order valence-electron chi connectivity index (χ2n) is 3.72. The minimum atomic E-state index is -3.87. The van der Waals surface area contributed by atoms with Crippen molar-refractivity contribution in [2.75, 3.05) is 4.72 Å². The van der Waals surface area contributed by atoms with Crippen LogP contribution in [-0.4, -0.2) is 13.4 Å². The normalized spacial score (nSPS) is 10.8. The highest BCUT2D eigenvalue weighted by atomic mass is 35.5. The van der Waals surface area contributed by atoms with Crippen molar-refractivity contribution in [3.05, 3.63) is 52.3 Å². The van der Waals surface area contributed by atoms with Crippen LogP contribution in [0.4, 0.5) is 5.69 Å². The fourth-order valence-corrected chi connectivity index (χ4v) is 3.14. The molecule has 0 amide bonds. The summed E-state index contributed by atoms with van der Waals surface area (Å²) in [7, 11) is -3.87. The summed E-state index contributed by atoms with van der Waals surface area (Å²) in [5.74, 6) is 0. The zero-order chi connectivity index (χ0) is 14.8. The van der Waals surface area contributed by atoms with Gasteiger partial charge in [0.15, 0.2) is 0 Å². The van der Waals surface area contributed by atoms with Gasteiger partial charge in [0.2, 0.25) is 0 Å². The van der Waals surface area contributed by atoms with Crippen LogP contribution in [0, 0.1) is 11.3 Å². The van der Waals surface area contributed by atoms with Gasteiger partial charge >= 0.3 is 0 Å². The summed E-state index contributed by atoms with van der Waals surface area (Å²) < 4.78 is 26.6. The minimum Gasteiger partial charge on any atom is -0.279 e. The third kappa shape index (κ3) is 3.02. The molecule has 0 fully saturated rings. The molecule has 1 N–H and O–H groups in total. The molecule has 0 spiro atoms. The van der Waals surface area contributed by atoms with E-state index in [0.717, 1.165) is 6.20 Å². The summed E-state index contributed by atoms with van der Waals surface area (Å²) in [6.07, 6.45) is 2.54. The Hall–Kier alpha value is -1.81. The van der Waals surface area contributed by atoms with Gasteiger partial charge in [-0.15, -0.1) is 0 Å². The first-order chi connectivity index (χ1) is 9.44. The molecule has 0 saturated heterocycles. The molecule has 1 heterocycles. The van der Waals surface area contributed by atoms with Crippen molar-refractivity contribution in [1.29, 1.82) is 5.26 Å². The van der Waals surface area contributed by atoms with Crippen LogP contribution in [0.2, 0.25) is 10.0 Å². The van der Waals surface area contributed by atoms with Gasteiger partial charge in [0.05, 0.1) is 21.3 Å². The van der Waals surface area contributed by atoms with Crippen molar-refractivity contribution in [3.63, 3.8) is 0 Å². The molecule has 0 radical (unpaired) electrons. The molecule has 0 bridgehead atoms. The van der Waals surface area contributed by atoms with Crippen LogP contribution in [0.25, 0.3) is 0 Å². The van der Waals surface area contributed by atoms with E-state index in [1.165, 1.54) is 30.5 Å². The zero-order valence-corrected chi connectivity index (χ0v) is 12.2. The lowest BCUT2D eigenvalue weighted by atomic mass is 10.2. The number of anilines is 1. The average molecular weight is 328 g/mol. The molecule has 20 heavy (non-hydrogen) atoms. The second-order valence-corrected chi connectivity index (χ2v) is 6.18. The van der Waals surface area contributed by atoms with Gasteiger partial charge in [-0.1, -0.05) is 23.2 Å². The van der Waals surface area contributed by atoms with Crippen molar-refractivity contribution < 1.29 is 8.42 Å². The standard InChI is InChI=1S/C12H7Cl2N3O2S/c13-10-3-4-16-7-12(10)20(18,19)17-9-2-1-8(6-15)11(14)5-9/h1-5,7,17H. The first kappa shape index (κ1) is 14.6. The third-order valence-electron chi connectivity index (χ3n) is 2.37. The van der Waals surface area contributed by atoms with Crippen LogP contribution >= 0.6 is 23.2 Å². The van der Waals surface area contributed by atoms with Gasteiger partial charge in [-0.2, -0.15) is 5.26 Å². The van der Waals surface area contributed by atoms with Gasteiger partial charge in [-0.3, -0.25) is 9.71 Å². The fourth-order valence-electron chi connectivity index (χ4n) is 1.44. The summed E-state index contributed by atoms with van der Waals surface area (Å²) in [6, 6.07) is 7.47. The van der Waals surface area contributed by atoms with Crippen molar-refractivity contribution in [1.82, 2.24) is 4.98 Å². The molecule has 1 aromatic carbocycles. The van der Waals surface area contributed by atoms with Gasteiger partial charge in [-0.05, 0) is 24.3 Å². The molecule has 1 aromatic heterocycles. The van der Waals surface area contributed by atoms with E-state index < -0.39 is 10.0 Å². The van der Waals surface area contributed by atoms with Crippen LogP contribution in [0.5, 0.6) is 0 Å². The van der Waals surface area contributed by atoms with Crippen LogP contribution in [-0.2, 0) is 10.0 Å². The van der Waals surface area contributed by atoms with Gasteiger partial charge in [0, 0.05) is 12.4 Å². The van der Waals surface area contributed by atoms with Crippen LogP contribution in [0.1, 0.15) is 5.56 Å². The molecule has 0 atom stereocenters. The summed E-state index contributed by atoms with van der Waals surface area (Å²) in [5, 5.41) is 8.98. The fraction of sp³-hybridized carbons (Fsp3) is 0. The van der Waals surface area contributed by atoms with Crippen LogP contribution < -0.4 is 4.72 Å². The van der Waals surface area contributed by atoms with E-state index in [2.05, 4.69) is 9.71 Å². The Bertz CT molecular complexity index is 801. The predicted octanol–water partition coefficient (Wildman–Crippen LogP) is 3.06. The summed E-state index contributed by atoms with van der Waals surface area (Å²) in [6.45, 7) is 0. The van der Waals surface area contributed by atoms with E-state index in [0.29, 0.717) is 0 Å². The molecular formula is C12H7Cl2N3O2S. The van der Waals surface area contributed by atoms with Crippen LogP contribution in [0.15, 0.2) is 41.6 Å². The largest absolute Gasteiger partial charge is 0.279 e. The van der Waals surface area contributed by atoms with Gasteiger partial charge < -0.3 is 0 Å². The minimum absolute atomic E-state index is 0.0623. The summed E-state index contributed by atoms with van der Waals surface area (Å²) >= 11 is 11.7. The van der Waals surface area contributed by atoms with Crippen molar-refractivity contribution in [3.8, 4) is 6.07 Å². The monoisotopic (exact) mass is 327 g/mol. The molecule has 0 aliphatic heterocycles. The van der Waals surface area contributed by atoms with Crippen LogP contribution in [0.3, 0.4) is 0 Å². The Morgan fingerprint density at radius 3 is 2.55 bits per heavy atom. The summed E-state index contributed by atoms with van der Waals surface area (Å²) in [5.41, 5.74) is 0.489. The number of aromatic nitrogens is 1. The smallest absolute Gasteiger partial charge is 0.264 e. The highest BCUT2D eigenvalue weighted by Crippen LogP contribution is 2.25. The van der Waals surface area contributed by atoms with E-state index in [9.17, 15) is 8.42 Å². The Labute approximate surface area is 125 Å². The van der Waals surface area contributed by atoms with Crippen molar-refractivity contribution >= 4 is 38.9 Å². The second kappa shape index (κ2) is 5.67. The molecule has 8 heteroatoms. The topological polar surface area (TPSA) is 82.9 Å². The maximum Gasteiger partial charge on any atom is 0.264 e. The number of rotatable bonds is 3. The van der Waals surface area contributed by atoms with E-state index >= 15 is 0 Å². The quantitative estimate of drug-likeness (QED) is 0.939. The Morgan fingerprint density at radius 1 is 1.20 bits per heavy atom. The Morgan fingerprint density at radius 2 is 1.95 bits per heavy atom. The highest BCUT2D eigenvalue weighted by molar-refractivity contribution is 7.92. The number of benzene rings is 1. The van der Waals surface area contributed by atoms with Gasteiger partial charge in [0.25, 0.3) is 10.0 Å². The Balaban J connectivity index is 2.37. The SMILES string of the molecule is N#Cc1ccc(NS(=O)(=O)c2cnccc2Cl)cc1Cl. The van der Waals surface area contributed by atoms with E-state index in [4.69, 9.17) is 28.5 Å². The third-order valence-corrected chi connectivity index (χ3v) is 4.53. The molecule has 2 rings (SSSR count). The lowest BCUT2D eigenvalue weighted by molar-refractivity contribution is 0.601. The number of nitriles is 1. The number of pyridine rings is 1. The van der Waals surface area contributed by atoms with Gasteiger partial charge in [0.1, 0.15) is 11.0 Å². The molecule has 0 aliphatic carbocycles. The number of hydrogen-bond acceptors (Lipinski definition) is 4. The number of sulfonamides is 1. The van der Waals surface area contributed by atoms with Crippen molar-refractivity contribution in [2.45, 2.75) is 4.90 Å². The molecule has 5 nitrogen and oxygen atoms in total. The van der Waals surface area contributed by atoms with Crippen molar-refractivity contribution in [2.24, 2.45) is 0 Å². The van der Waals surface area contributed by atoms with E-state index in [1.54, 1.807) is 0 Å². The molecule has 102 valence electrons. The molecule has 2 aromatic rings. The lowest BCUT2D eigenvalue weighted by Gasteiger charge is -2.09. The average Bonchev–Trinajstić information content (AvgIpc) is 2.38. The number of halogens is 2. The molecule has 0 saturated carbocycles. The number of hydrogen-bond donors (Lipinski definition) is 1. The maximum absolute atomic E-state index is 12.1.